The monoisotopic (exact) mass is 289 g/mol. The van der Waals surface area contributed by atoms with Crippen LogP contribution in [0.15, 0.2) is 0 Å². The lowest BCUT2D eigenvalue weighted by Crippen LogP contribution is -2.47. The van der Waals surface area contributed by atoms with Gasteiger partial charge < -0.3 is 10.3 Å². The van der Waals surface area contributed by atoms with Crippen LogP contribution in [0.25, 0.3) is 0 Å². The molecule has 2 atom stereocenters. The lowest BCUT2D eigenvalue weighted by atomic mass is 9.78. The molecule has 21 heavy (non-hydrogen) atoms. The van der Waals surface area contributed by atoms with Gasteiger partial charge in [-0.25, -0.2) is 15.8 Å². The summed E-state index contributed by atoms with van der Waals surface area (Å²) in [5.74, 6) is 9.25. The second-order valence-electron chi connectivity index (χ2n) is 6.38. The molecular formula is C16H27N5. The van der Waals surface area contributed by atoms with Crippen molar-refractivity contribution in [2.24, 2.45) is 11.8 Å². The number of aryl methyl sites for hydroxylation is 1. The van der Waals surface area contributed by atoms with Crippen molar-refractivity contribution in [1.29, 1.82) is 0 Å². The number of anilines is 2. The minimum Gasteiger partial charge on any atom is -0.353 e. The van der Waals surface area contributed by atoms with E-state index in [1.165, 1.54) is 38.5 Å². The van der Waals surface area contributed by atoms with Crippen LogP contribution in [0.3, 0.4) is 0 Å². The number of hydrogen-bond donors (Lipinski definition) is 2. The Bertz CT molecular complexity index is 500. The Morgan fingerprint density at radius 3 is 2.71 bits per heavy atom. The van der Waals surface area contributed by atoms with Gasteiger partial charge in [0.2, 0.25) is 0 Å². The first-order chi connectivity index (χ1) is 10.2. The summed E-state index contributed by atoms with van der Waals surface area (Å²) >= 11 is 0. The molecule has 0 bridgehead atoms. The van der Waals surface area contributed by atoms with Crippen LogP contribution in [0.2, 0.25) is 0 Å². The molecule has 3 N–H and O–H groups in total. The van der Waals surface area contributed by atoms with Crippen molar-refractivity contribution < 1.29 is 0 Å². The number of fused-ring (bicyclic) bond motifs is 1. The first-order valence-electron chi connectivity index (χ1n) is 8.35. The summed E-state index contributed by atoms with van der Waals surface area (Å²) in [5, 5.41) is 0. The topological polar surface area (TPSA) is 67.1 Å². The van der Waals surface area contributed by atoms with Gasteiger partial charge in [0.05, 0.1) is 0 Å². The smallest absolute Gasteiger partial charge is 0.148 e. The maximum atomic E-state index is 5.65. The molecule has 5 heteroatoms. The molecule has 116 valence electrons. The van der Waals surface area contributed by atoms with Crippen molar-refractivity contribution in [2.75, 3.05) is 16.9 Å². The van der Waals surface area contributed by atoms with Crippen molar-refractivity contribution >= 4 is 11.6 Å². The summed E-state index contributed by atoms with van der Waals surface area (Å²) in [6.45, 7) is 5.29. The van der Waals surface area contributed by atoms with E-state index in [0.717, 1.165) is 41.9 Å². The molecule has 2 fully saturated rings. The minimum absolute atomic E-state index is 0.663. The lowest BCUT2D eigenvalue weighted by molar-refractivity contribution is 0.242. The van der Waals surface area contributed by atoms with Gasteiger partial charge in [-0.2, -0.15) is 0 Å². The molecule has 1 saturated heterocycles. The highest BCUT2D eigenvalue weighted by atomic mass is 15.3. The molecular weight excluding hydrogens is 262 g/mol. The predicted molar refractivity (Wildman–Crippen MR) is 86.3 cm³/mol. The maximum absolute atomic E-state index is 5.65. The molecule has 1 aliphatic heterocycles. The Hall–Kier alpha value is -1.36. The second-order valence-corrected chi connectivity index (χ2v) is 6.38. The quantitative estimate of drug-likeness (QED) is 0.661. The number of nitrogens with one attached hydrogen (secondary N) is 1. The fraction of sp³-hybridized carbons (Fsp3) is 0.750. The second kappa shape index (κ2) is 6.18. The predicted octanol–water partition coefficient (Wildman–Crippen LogP) is 2.79. The number of nitrogen functional groups attached to an aromatic ring is 1. The van der Waals surface area contributed by atoms with E-state index in [9.17, 15) is 0 Å². The first kappa shape index (κ1) is 14.6. The molecule has 0 amide bonds. The van der Waals surface area contributed by atoms with Gasteiger partial charge in [0.15, 0.2) is 0 Å². The molecule has 2 heterocycles. The fourth-order valence-corrected chi connectivity index (χ4v) is 4.02. The summed E-state index contributed by atoms with van der Waals surface area (Å²) in [5.41, 5.74) is 3.83. The number of nitrogens with zero attached hydrogens (tertiary/aromatic N) is 3. The SMILES string of the molecule is CCc1nc(NN)c(C)c(N2CCCC3CCCCC32)n1. The Labute approximate surface area is 127 Å². The molecule has 0 spiro atoms. The van der Waals surface area contributed by atoms with E-state index in [1.54, 1.807) is 0 Å². The summed E-state index contributed by atoms with van der Waals surface area (Å²) in [6, 6.07) is 0.663. The summed E-state index contributed by atoms with van der Waals surface area (Å²) < 4.78 is 0. The zero-order chi connectivity index (χ0) is 14.8. The molecule has 1 aromatic rings. The standard InChI is InChI=1S/C16H27N5/c1-3-14-18-15(20-17)11(2)16(19-14)21-10-6-8-12-7-4-5-9-13(12)21/h12-13H,3-10,17H2,1-2H3,(H,18,19,20). The first-order valence-corrected chi connectivity index (χ1v) is 8.35. The molecule has 1 aliphatic carbocycles. The molecule has 5 nitrogen and oxygen atoms in total. The number of hydrogen-bond acceptors (Lipinski definition) is 5. The van der Waals surface area contributed by atoms with E-state index >= 15 is 0 Å². The summed E-state index contributed by atoms with van der Waals surface area (Å²) in [4.78, 5) is 11.9. The Balaban J connectivity index is 1.97. The average molecular weight is 289 g/mol. The number of hydrazine groups is 1. The third kappa shape index (κ3) is 2.71. The fourth-order valence-electron chi connectivity index (χ4n) is 4.02. The van der Waals surface area contributed by atoms with Crippen molar-refractivity contribution in [2.45, 2.75) is 64.8 Å². The van der Waals surface area contributed by atoms with E-state index in [-0.39, 0.29) is 0 Å². The van der Waals surface area contributed by atoms with Gasteiger partial charge in [-0.15, -0.1) is 0 Å². The molecule has 0 aromatic carbocycles. The largest absolute Gasteiger partial charge is 0.353 e. The zero-order valence-corrected chi connectivity index (χ0v) is 13.2. The van der Waals surface area contributed by atoms with Gasteiger partial charge in [-0.3, -0.25) is 0 Å². The zero-order valence-electron chi connectivity index (χ0n) is 13.2. The summed E-state index contributed by atoms with van der Waals surface area (Å²) in [6.07, 6.45) is 8.93. The molecule has 1 aromatic heterocycles. The van der Waals surface area contributed by atoms with E-state index in [2.05, 4.69) is 29.2 Å². The van der Waals surface area contributed by atoms with Crippen LogP contribution in [0, 0.1) is 12.8 Å². The average Bonchev–Trinajstić information content (AvgIpc) is 2.54. The molecule has 2 aliphatic rings. The highest BCUT2D eigenvalue weighted by Crippen LogP contribution is 2.38. The van der Waals surface area contributed by atoms with Gasteiger partial charge >= 0.3 is 0 Å². The highest BCUT2D eigenvalue weighted by Gasteiger charge is 2.34. The van der Waals surface area contributed by atoms with Gasteiger partial charge in [0, 0.05) is 24.6 Å². The Kier molecular flexibility index (Phi) is 4.29. The Morgan fingerprint density at radius 2 is 1.95 bits per heavy atom. The van der Waals surface area contributed by atoms with Crippen molar-refractivity contribution in [3.63, 3.8) is 0 Å². The summed E-state index contributed by atoms with van der Waals surface area (Å²) in [7, 11) is 0. The molecule has 2 unspecified atom stereocenters. The van der Waals surface area contributed by atoms with Gasteiger partial charge in [0.1, 0.15) is 17.5 Å². The van der Waals surface area contributed by atoms with E-state index in [4.69, 9.17) is 10.8 Å². The Morgan fingerprint density at radius 1 is 1.19 bits per heavy atom. The van der Waals surface area contributed by atoms with Crippen LogP contribution in [-0.4, -0.2) is 22.6 Å². The maximum Gasteiger partial charge on any atom is 0.148 e. The van der Waals surface area contributed by atoms with Crippen LogP contribution in [-0.2, 0) is 6.42 Å². The van der Waals surface area contributed by atoms with E-state index < -0.39 is 0 Å². The number of rotatable bonds is 3. The minimum atomic E-state index is 0.663. The number of aromatic nitrogens is 2. The van der Waals surface area contributed by atoms with Crippen LogP contribution < -0.4 is 16.2 Å². The molecule has 1 saturated carbocycles. The van der Waals surface area contributed by atoms with Crippen LogP contribution in [0.4, 0.5) is 11.6 Å². The van der Waals surface area contributed by atoms with E-state index in [0.29, 0.717) is 6.04 Å². The normalized spacial score (nSPS) is 25.6. The third-order valence-electron chi connectivity index (χ3n) is 5.13. The van der Waals surface area contributed by atoms with Crippen molar-refractivity contribution in [3.05, 3.63) is 11.4 Å². The molecule has 3 rings (SSSR count). The number of nitrogens with two attached hydrogens (primary N) is 1. The third-order valence-corrected chi connectivity index (χ3v) is 5.13. The highest BCUT2D eigenvalue weighted by molar-refractivity contribution is 5.59. The number of piperidine rings is 1. The van der Waals surface area contributed by atoms with Crippen molar-refractivity contribution in [1.82, 2.24) is 9.97 Å². The van der Waals surface area contributed by atoms with Crippen molar-refractivity contribution in [3.8, 4) is 0 Å². The molecule has 0 radical (unpaired) electrons. The lowest BCUT2D eigenvalue weighted by Gasteiger charge is -2.45. The van der Waals surface area contributed by atoms with Crippen LogP contribution in [0.1, 0.15) is 56.8 Å². The van der Waals surface area contributed by atoms with Gasteiger partial charge in [-0.05, 0) is 38.5 Å². The van der Waals surface area contributed by atoms with Crippen LogP contribution >= 0.6 is 0 Å². The van der Waals surface area contributed by atoms with Crippen LogP contribution in [0.5, 0.6) is 0 Å². The van der Waals surface area contributed by atoms with Gasteiger partial charge in [-0.1, -0.05) is 19.8 Å². The van der Waals surface area contributed by atoms with E-state index in [1.807, 2.05) is 0 Å². The van der Waals surface area contributed by atoms with Gasteiger partial charge in [0.25, 0.3) is 0 Å².